The van der Waals surface area contributed by atoms with E-state index in [2.05, 4.69) is 5.32 Å². The van der Waals surface area contributed by atoms with E-state index in [1.807, 2.05) is 4.90 Å². The molecule has 26 heavy (non-hydrogen) atoms. The summed E-state index contributed by atoms with van der Waals surface area (Å²) in [4.78, 5) is 26.5. The largest absolute Gasteiger partial charge is 0.354 e. The van der Waals surface area contributed by atoms with Crippen LogP contribution in [0.4, 0.5) is 4.39 Å². The molecule has 3 atom stereocenters. The molecule has 0 radical (unpaired) electrons. The molecule has 1 saturated carbocycles. The Morgan fingerprint density at radius 3 is 2.88 bits per heavy atom. The van der Waals surface area contributed by atoms with Crippen molar-refractivity contribution in [3.05, 3.63) is 34.6 Å². The van der Waals surface area contributed by atoms with E-state index in [-0.39, 0.29) is 41.9 Å². The quantitative estimate of drug-likeness (QED) is 0.794. The lowest BCUT2D eigenvalue weighted by atomic mass is 10.0. The fourth-order valence-electron chi connectivity index (χ4n) is 3.82. The van der Waals surface area contributed by atoms with Gasteiger partial charge in [-0.3, -0.25) is 9.59 Å². The van der Waals surface area contributed by atoms with Crippen LogP contribution >= 0.6 is 11.6 Å². The Kier molecular flexibility index (Phi) is 6.14. The molecule has 1 aliphatic carbocycles. The smallest absolute Gasteiger partial charge is 0.226 e. The number of carbonyl (C=O) groups excluding carboxylic acids is 2. The minimum Gasteiger partial charge on any atom is -0.354 e. The topological polar surface area (TPSA) is 75.4 Å². The average molecular weight is 382 g/mol. The maximum absolute atomic E-state index is 14.1. The molecule has 142 valence electrons. The minimum absolute atomic E-state index is 0.00434. The number of amides is 2. The van der Waals surface area contributed by atoms with Gasteiger partial charge in [0.2, 0.25) is 11.8 Å². The Morgan fingerprint density at radius 1 is 1.35 bits per heavy atom. The van der Waals surface area contributed by atoms with E-state index in [1.54, 1.807) is 12.1 Å². The molecule has 1 aliphatic heterocycles. The number of hydrogen-bond donors (Lipinski definition) is 2. The number of likely N-dealkylation sites (tertiary alicyclic amines) is 1. The number of piperidine rings is 1. The van der Waals surface area contributed by atoms with Gasteiger partial charge >= 0.3 is 0 Å². The minimum atomic E-state index is -0.345. The number of nitrogens with two attached hydrogens (primary N) is 1. The predicted octanol–water partition coefficient (Wildman–Crippen LogP) is 2.43. The molecule has 0 aromatic heterocycles. The van der Waals surface area contributed by atoms with Crippen LogP contribution in [0.15, 0.2) is 18.2 Å². The zero-order valence-corrected chi connectivity index (χ0v) is 15.5. The second-order valence-electron chi connectivity index (χ2n) is 7.11. The molecule has 7 heteroatoms. The van der Waals surface area contributed by atoms with E-state index in [0.29, 0.717) is 36.6 Å². The zero-order chi connectivity index (χ0) is 18.7. The highest BCUT2D eigenvalue weighted by Gasteiger charge is 2.48. The van der Waals surface area contributed by atoms with Crippen LogP contribution < -0.4 is 11.1 Å². The lowest BCUT2D eigenvalue weighted by Gasteiger charge is -2.36. The van der Waals surface area contributed by atoms with Gasteiger partial charge in [0, 0.05) is 54.5 Å². The summed E-state index contributed by atoms with van der Waals surface area (Å²) in [5.41, 5.74) is 5.85. The summed E-state index contributed by atoms with van der Waals surface area (Å²) in [7, 11) is 0. The number of nitrogens with zero attached hydrogens (tertiary/aromatic N) is 1. The van der Waals surface area contributed by atoms with Crippen LogP contribution in [0, 0.1) is 11.7 Å². The van der Waals surface area contributed by atoms with Gasteiger partial charge in [-0.2, -0.15) is 0 Å². The molecule has 3 unspecified atom stereocenters. The highest BCUT2D eigenvalue weighted by atomic mass is 35.5. The van der Waals surface area contributed by atoms with Crippen LogP contribution in [0.3, 0.4) is 0 Å². The second kappa shape index (κ2) is 8.35. The zero-order valence-electron chi connectivity index (χ0n) is 14.7. The van der Waals surface area contributed by atoms with Gasteiger partial charge in [-0.05, 0) is 37.8 Å². The van der Waals surface area contributed by atoms with Crippen molar-refractivity contribution in [1.82, 2.24) is 10.2 Å². The number of hydrogen-bond acceptors (Lipinski definition) is 3. The molecule has 1 heterocycles. The van der Waals surface area contributed by atoms with Crippen LogP contribution in [0.25, 0.3) is 0 Å². The van der Waals surface area contributed by atoms with Crippen LogP contribution in [-0.2, 0) is 9.59 Å². The maximum Gasteiger partial charge on any atom is 0.226 e. The van der Waals surface area contributed by atoms with Gasteiger partial charge in [0.15, 0.2) is 0 Å². The molecule has 0 bridgehead atoms. The summed E-state index contributed by atoms with van der Waals surface area (Å²) >= 11 is 6.14. The number of benzene rings is 1. The van der Waals surface area contributed by atoms with Crippen molar-refractivity contribution in [2.75, 3.05) is 19.6 Å². The van der Waals surface area contributed by atoms with Crippen molar-refractivity contribution in [1.29, 1.82) is 0 Å². The SMILES string of the molecule is NCCC(=O)NCC1CCCCN1C(=O)C1CC1c1c(F)cccc1Cl. The van der Waals surface area contributed by atoms with Gasteiger partial charge < -0.3 is 16.0 Å². The first kappa shape index (κ1) is 19.1. The first-order chi connectivity index (χ1) is 12.5. The summed E-state index contributed by atoms with van der Waals surface area (Å²) in [6.07, 6.45) is 3.77. The van der Waals surface area contributed by atoms with E-state index in [4.69, 9.17) is 17.3 Å². The van der Waals surface area contributed by atoms with Gasteiger partial charge in [-0.1, -0.05) is 17.7 Å². The van der Waals surface area contributed by atoms with Gasteiger partial charge in [-0.15, -0.1) is 0 Å². The molecule has 0 spiro atoms. The van der Waals surface area contributed by atoms with E-state index in [0.717, 1.165) is 19.3 Å². The van der Waals surface area contributed by atoms with Crippen LogP contribution in [0.5, 0.6) is 0 Å². The number of carbonyl (C=O) groups is 2. The van der Waals surface area contributed by atoms with E-state index < -0.39 is 0 Å². The van der Waals surface area contributed by atoms with E-state index in [9.17, 15) is 14.0 Å². The fourth-order valence-corrected chi connectivity index (χ4v) is 4.12. The van der Waals surface area contributed by atoms with E-state index >= 15 is 0 Å². The van der Waals surface area contributed by atoms with Crippen LogP contribution in [-0.4, -0.2) is 42.4 Å². The Labute approximate surface area is 158 Å². The Morgan fingerprint density at radius 2 is 2.15 bits per heavy atom. The van der Waals surface area contributed by atoms with Crippen molar-refractivity contribution in [2.45, 2.75) is 44.1 Å². The van der Waals surface area contributed by atoms with Crippen molar-refractivity contribution in [3.63, 3.8) is 0 Å². The molecule has 5 nitrogen and oxygen atoms in total. The van der Waals surface area contributed by atoms with Crippen LogP contribution in [0.2, 0.25) is 5.02 Å². The molecule has 2 aliphatic rings. The first-order valence-electron chi connectivity index (χ1n) is 9.24. The highest BCUT2D eigenvalue weighted by Crippen LogP contribution is 2.51. The summed E-state index contributed by atoms with van der Waals surface area (Å²) in [6, 6.07) is 4.62. The Hall–Kier alpha value is -1.66. The normalized spacial score (nSPS) is 25.0. The molecule has 2 amide bonds. The van der Waals surface area contributed by atoms with Gasteiger partial charge in [0.1, 0.15) is 5.82 Å². The first-order valence-corrected chi connectivity index (χ1v) is 9.62. The van der Waals surface area contributed by atoms with Gasteiger partial charge in [0.25, 0.3) is 0 Å². The Balaban J connectivity index is 1.63. The summed E-state index contributed by atoms with van der Waals surface area (Å²) in [5.74, 6) is -0.752. The third-order valence-corrected chi connectivity index (χ3v) is 5.62. The third kappa shape index (κ3) is 4.18. The number of nitrogens with one attached hydrogen (secondary N) is 1. The molecule has 3 rings (SSSR count). The molecule has 1 aromatic rings. The second-order valence-corrected chi connectivity index (χ2v) is 7.52. The lowest BCUT2D eigenvalue weighted by molar-refractivity contribution is -0.137. The Bertz CT molecular complexity index is 664. The summed E-state index contributed by atoms with van der Waals surface area (Å²) in [6.45, 7) is 1.44. The lowest BCUT2D eigenvalue weighted by Crippen LogP contribution is -2.50. The van der Waals surface area contributed by atoms with Gasteiger partial charge in [0.05, 0.1) is 0 Å². The molecule has 1 aromatic carbocycles. The molecule has 1 saturated heterocycles. The number of rotatable bonds is 6. The molecular formula is C19H25ClFN3O2. The predicted molar refractivity (Wildman–Crippen MR) is 98.3 cm³/mol. The fraction of sp³-hybridized carbons (Fsp3) is 0.579. The van der Waals surface area contributed by atoms with Gasteiger partial charge in [-0.25, -0.2) is 4.39 Å². The molecular weight excluding hydrogens is 357 g/mol. The highest BCUT2D eigenvalue weighted by molar-refractivity contribution is 6.31. The summed E-state index contributed by atoms with van der Waals surface area (Å²) < 4.78 is 14.1. The molecule has 2 fully saturated rings. The summed E-state index contributed by atoms with van der Waals surface area (Å²) in [5, 5.41) is 3.25. The monoisotopic (exact) mass is 381 g/mol. The van der Waals surface area contributed by atoms with Crippen LogP contribution in [0.1, 0.15) is 43.6 Å². The number of halogens is 2. The van der Waals surface area contributed by atoms with E-state index in [1.165, 1.54) is 6.07 Å². The van der Waals surface area contributed by atoms with Crippen molar-refractivity contribution < 1.29 is 14.0 Å². The maximum atomic E-state index is 14.1. The van der Waals surface area contributed by atoms with Crippen molar-refractivity contribution >= 4 is 23.4 Å². The standard InChI is InChI=1S/C19H25ClFN3O2/c20-15-5-3-6-16(21)18(15)13-10-14(13)19(26)24-9-2-1-4-12(24)11-23-17(25)7-8-22/h3,5-6,12-14H,1-2,4,7-11,22H2,(H,23,25). The average Bonchev–Trinajstić information content (AvgIpc) is 3.40. The van der Waals surface area contributed by atoms with Crippen molar-refractivity contribution in [2.24, 2.45) is 11.7 Å². The molecule has 3 N–H and O–H groups in total. The third-order valence-electron chi connectivity index (χ3n) is 5.29. The van der Waals surface area contributed by atoms with Crippen molar-refractivity contribution in [3.8, 4) is 0 Å².